The molecule has 1 rings (SSSR count). The van der Waals surface area contributed by atoms with Crippen molar-refractivity contribution in [1.29, 1.82) is 0 Å². The van der Waals surface area contributed by atoms with Crippen molar-refractivity contribution >= 4 is 34.5 Å². The van der Waals surface area contributed by atoms with E-state index in [-0.39, 0.29) is 11.9 Å². The van der Waals surface area contributed by atoms with Gasteiger partial charge < -0.3 is 5.32 Å². The summed E-state index contributed by atoms with van der Waals surface area (Å²) in [6, 6.07) is 5.66. The summed E-state index contributed by atoms with van der Waals surface area (Å²) in [6.07, 6.45) is 2.12. The number of halogens is 1. The first-order valence-corrected chi connectivity index (χ1v) is 7.43. The van der Waals surface area contributed by atoms with Crippen LogP contribution in [-0.2, 0) is 0 Å². The van der Waals surface area contributed by atoms with Crippen LogP contribution in [0.15, 0.2) is 27.6 Å². The molecule has 1 atom stereocenters. The molecule has 1 aromatic rings. The Morgan fingerprint density at radius 1 is 1.33 bits per heavy atom. The SMILES string of the molecule is CC(C)CCC(C)NC(=O)c1cc(S)ccc1Br. The summed E-state index contributed by atoms with van der Waals surface area (Å²) in [6.45, 7) is 6.42. The molecule has 0 aliphatic rings. The fraction of sp³-hybridized carbons (Fsp3) is 0.500. The van der Waals surface area contributed by atoms with Crippen molar-refractivity contribution in [3.8, 4) is 0 Å². The minimum Gasteiger partial charge on any atom is -0.350 e. The highest BCUT2D eigenvalue weighted by atomic mass is 79.9. The molecule has 0 fully saturated rings. The standard InChI is InChI=1S/C14H20BrNOS/c1-9(2)4-5-10(3)16-14(17)12-8-11(18)6-7-13(12)15/h6-10,18H,4-5H2,1-3H3,(H,16,17). The molecule has 0 radical (unpaired) electrons. The van der Waals surface area contributed by atoms with E-state index in [2.05, 4.69) is 47.7 Å². The Kier molecular flexibility index (Phi) is 6.22. The minimum atomic E-state index is -0.0472. The molecule has 0 aliphatic carbocycles. The maximum absolute atomic E-state index is 12.1. The van der Waals surface area contributed by atoms with Gasteiger partial charge >= 0.3 is 0 Å². The second-order valence-electron chi connectivity index (χ2n) is 5.01. The first-order valence-electron chi connectivity index (χ1n) is 6.19. The third kappa shape index (κ3) is 5.02. The van der Waals surface area contributed by atoms with Crippen LogP contribution in [0.25, 0.3) is 0 Å². The summed E-state index contributed by atoms with van der Waals surface area (Å²) in [7, 11) is 0. The molecular weight excluding hydrogens is 310 g/mol. The number of hydrogen-bond acceptors (Lipinski definition) is 2. The Bertz CT molecular complexity index is 420. The monoisotopic (exact) mass is 329 g/mol. The van der Waals surface area contributed by atoms with Gasteiger partial charge in [-0.15, -0.1) is 12.6 Å². The van der Waals surface area contributed by atoms with Gasteiger partial charge in [0.05, 0.1) is 5.56 Å². The number of thiol groups is 1. The number of nitrogens with one attached hydrogen (secondary N) is 1. The Hall–Kier alpha value is -0.480. The third-order valence-corrected chi connectivity index (χ3v) is 3.72. The van der Waals surface area contributed by atoms with Crippen LogP contribution < -0.4 is 5.32 Å². The van der Waals surface area contributed by atoms with Crippen molar-refractivity contribution in [3.63, 3.8) is 0 Å². The van der Waals surface area contributed by atoms with Crippen LogP contribution >= 0.6 is 28.6 Å². The Balaban J connectivity index is 2.62. The zero-order valence-electron chi connectivity index (χ0n) is 11.0. The van der Waals surface area contributed by atoms with Crippen LogP contribution in [0.4, 0.5) is 0 Å². The molecule has 0 heterocycles. The average molecular weight is 330 g/mol. The molecule has 4 heteroatoms. The topological polar surface area (TPSA) is 29.1 Å². The second-order valence-corrected chi connectivity index (χ2v) is 6.38. The van der Waals surface area contributed by atoms with E-state index in [1.54, 1.807) is 6.07 Å². The van der Waals surface area contributed by atoms with Crippen molar-refractivity contribution in [2.75, 3.05) is 0 Å². The van der Waals surface area contributed by atoms with Gasteiger partial charge in [0.1, 0.15) is 0 Å². The predicted octanol–water partition coefficient (Wildman–Crippen LogP) is 4.29. The van der Waals surface area contributed by atoms with Gasteiger partial charge in [0.25, 0.3) is 5.91 Å². The molecule has 0 saturated carbocycles. The molecule has 100 valence electrons. The highest BCUT2D eigenvalue weighted by Crippen LogP contribution is 2.20. The van der Waals surface area contributed by atoms with Crippen LogP contribution in [0, 0.1) is 5.92 Å². The maximum Gasteiger partial charge on any atom is 0.252 e. The van der Waals surface area contributed by atoms with E-state index in [0.717, 1.165) is 22.2 Å². The van der Waals surface area contributed by atoms with E-state index in [4.69, 9.17) is 0 Å². The highest BCUT2D eigenvalue weighted by molar-refractivity contribution is 9.10. The zero-order chi connectivity index (χ0) is 13.7. The first kappa shape index (κ1) is 15.6. The smallest absolute Gasteiger partial charge is 0.252 e. The van der Waals surface area contributed by atoms with E-state index < -0.39 is 0 Å². The van der Waals surface area contributed by atoms with Gasteiger partial charge in [-0.3, -0.25) is 4.79 Å². The summed E-state index contributed by atoms with van der Waals surface area (Å²) in [5.41, 5.74) is 0.638. The van der Waals surface area contributed by atoms with E-state index in [1.165, 1.54) is 0 Å². The number of benzene rings is 1. The molecule has 0 bridgehead atoms. The Morgan fingerprint density at radius 3 is 2.61 bits per heavy atom. The van der Waals surface area contributed by atoms with Gasteiger partial charge in [0.2, 0.25) is 0 Å². The van der Waals surface area contributed by atoms with Crippen molar-refractivity contribution in [2.45, 2.75) is 44.6 Å². The van der Waals surface area contributed by atoms with Gasteiger partial charge in [-0.05, 0) is 59.8 Å². The number of carbonyl (C=O) groups excluding carboxylic acids is 1. The first-order chi connectivity index (χ1) is 8.40. The molecule has 1 amide bonds. The summed E-state index contributed by atoms with van der Waals surface area (Å²) < 4.78 is 0.800. The van der Waals surface area contributed by atoms with Gasteiger partial charge in [-0.25, -0.2) is 0 Å². The van der Waals surface area contributed by atoms with E-state index in [0.29, 0.717) is 11.5 Å². The van der Waals surface area contributed by atoms with E-state index in [9.17, 15) is 4.79 Å². The number of hydrogen-bond donors (Lipinski definition) is 2. The molecule has 0 aromatic heterocycles. The van der Waals surface area contributed by atoms with Crippen molar-refractivity contribution in [2.24, 2.45) is 5.92 Å². The molecule has 0 aliphatic heterocycles. The number of amides is 1. The lowest BCUT2D eigenvalue weighted by Crippen LogP contribution is -2.33. The van der Waals surface area contributed by atoms with Crippen molar-refractivity contribution in [3.05, 3.63) is 28.2 Å². The van der Waals surface area contributed by atoms with Gasteiger partial charge in [-0.1, -0.05) is 13.8 Å². The lowest BCUT2D eigenvalue weighted by Gasteiger charge is -2.15. The fourth-order valence-corrected chi connectivity index (χ4v) is 2.27. The molecule has 1 unspecified atom stereocenters. The lowest BCUT2D eigenvalue weighted by atomic mass is 10.0. The van der Waals surface area contributed by atoms with Gasteiger partial charge in [-0.2, -0.15) is 0 Å². The lowest BCUT2D eigenvalue weighted by molar-refractivity contribution is 0.0936. The zero-order valence-corrected chi connectivity index (χ0v) is 13.5. The minimum absolute atomic E-state index is 0.0472. The Labute approximate surface area is 123 Å². The second kappa shape index (κ2) is 7.19. The molecule has 1 aromatic carbocycles. The van der Waals surface area contributed by atoms with Gasteiger partial charge in [0, 0.05) is 15.4 Å². The summed E-state index contributed by atoms with van der Waals surface area (Å²) in [5.74, 6) is 0.617. The van der Waals surface area contributed by atoms with Crippen LogP contribution in [0.3, 0.4) is 0 Å². The molecule has 0 spiro atoms. The molecule has 1 N–H and O–H groups in total. The van der Waals surface area contributed by atoms with Gasteiger partial charge in [0.15, 0.2) is 0 Å². The number of carbonyl (C=O) groups is 1. The average Bonchev–Trinajstić information content (AvgIpc) is 2.29. The van der Waals surface area contributed by atoms with Crippen LogP contribution in [-0.4, -0.2) is 11.9 Å². The third-order valence-electron chi connectivity index (χ3n) is 2.75. The number of rotatable bonds is 5. The summed E-state index contributed by atoms with van der Waals surface area (Å²) in [4.78, 5) is 12.9. The van der Waals surface area contributed by atoms with Crippen molar-refractivity contribution < 1.29 is 4.79 Å². The molecule has 18 heavy (non-hydrogen) atoms. The highest BCUT2D eigenvalue weighted by Gasteiger charge is 2.13. The van der Waals surface area contributed by atoms with E-state index in [1.807, 2.05) is 19.1 Å². The summed E-state index contributed by atoms with van der Waals surface area (Å²) >= 11 is 7.64. The van der Waals surface area contributed by atoms with Crippen LogP contribution in [0.2, 0.25) is 0 Å². The van der Waals surface area contributed by atoms with Crippen molar-refractivity contribution in [1.82, 2.24) is 5.32 Å². The predicted molar refractivity (Wildman–Crippen MR) is 82.4 cm³/mol. The molecular formula is C14H20BrNOS. The van der Waals surface area contributed by atoms with E-state index >= 15 is 0 Å². The maximum atomic E-state index is 12.1. The quantitative estimate of drug-likeness (QED) is 0.775. The largest absolute Gasteiger partial charge is 0.350 e. The molecule has 0 saturated heterocycles. The molecule has 2 nitrogen and oxygen atoms in total. The fourth-order valence-electron chi connectivity index (χ4n) is 1.64. The van der Waals surface area contributed by atoms with Crippen LogP contribution in [0.5, 0.6) is 0 Å². The Morgan fingerprint density at radius 2 is 2.00 bits per heavy atom. The normalized spacial score (nSPS) is 12.6. The summed E-state index contributed by atoms with van der Waals surface area (Å²) in [5, 5.41) is 3.02. The van der Waals surface area contributed by atoms with Crippen LogP contribution in [0.1, 0.15) is 44.0 Å².